The molecule has 1 aliphatic heterocycles. The van der Waals surface area contributed by atoms with Gasteiger partial charge in [-0.25, -0.2) is 0 Å². The molecule has 0 saturated carbocycles. The molecule has 0 aromatic heterocycles. The van der Waals surface area contributed by atoms with E-state index in [-0.39, 0.29) is 0 Å². The van der Waals surface area contributed by atoms with Crippen molar-refractivity contribution in [3.05, 3.63) is 41.2 Å². The zero-order chi connectivity index (χ0) is 6.81. The fourth-order valence-corrected chi connectivity index (χ4v) is 0.815. The van der Waals surface area contributed by atoms with E-state index in [1.807, 2.05) is 24.3 Å². The minimum atomic E-state index is 0.574. The molecule has 0 unspecified atom stereocenters. The van der Waals surface area contributed by atoms with Crippen LogP contribution in [0.2, 0.25) is 0 Å². The van der Waals surface area contributed by atoms with E-state index in [0.29, 0.717) is 5.88 Å². The zero-order valence-corrected chi connectivity index (χ0v) is 5.19. The smallest absolute Gasteiger partial charge is 0.159 e. The summed E-state index contributed by atoms with van der Waals surface area (Å²) in [6, 6.07) is 0. The van der Waals surface area contributed by atoms with Crippen LogP contribution in [-0.4, -0.2) is 6.40 Å². The minimum absolute atomic E-state index is 0.574. The van der Waals surface area contributed by atoms with Gasteiger partial charge in [0.05, 0.1) is 0 Å². The molecule has 1 aliphatic carbocycles. The Labute approximate surface area is 58.4 Å². The van der Waals surface area contributed by atoms with Crippen molar-refractivity contribution in [1.29, 1.82) is 0 Å². The zero-order valence-electron chi connectivity index (χ0n) is 5.19. The van der Waals surface area contributed by atoms with Gasteiger partial charge < -0.3 is 15.3 Å². The SMILES string of the molecule is C1=CC(=C2[N-]N=CO2)C=C1. The molecule has 0 spiro atoms. The highest BCUT2D eigenvalue weighted by molar-refractivity contribution is 5.58. The molecule has 0 fully saturated rings. The molecule has 1 heterocycles. The first-order valence-electron chi connectivity index (χ1n) is 2.95. The van der Waals surface area contributed by atoms with Gasteiger partial charge in [0.2, 0.25) is 0 Å². The highest BCUT2D eigenvalue weighted by atomic mass is 16.5. The Morgan fingerprint density at radius 3 is 2.70 bits per heavy atom. The number of hydrogen-bond donors (Lipinski definition) is 0. The Balaban J connectivity index is 2.29. The first-order chi connectivity index (χ1) is 4.97. The van der Waals surface area contributed by atoms with Crippen LogP contribution in [0.5, 0.6) is 0 Å². The van der Waals surface area contributed by atoms with Crippen LogP contribution >= 0.6 is 0 Å². The second kappa shape index (κ2) is 2.02. The summed E-state index contributed by atoms with van der Waals surface area (Å²) in [5.41, 5.74) is 4.71. The molecule has 0 aromatic rings. The average molecular weight is 133 g/mol. The van der Waals surface area contributed by atoms with E-state index in [9.17, 15) is 0 Å². The largest absolute Gasteiger partial charge is 0.542 e. The third kappa shape index (κ3) is 0.719. The molecule has 0 N–H and O–H groups in total. The van der Waals surface area contributed by atoms with Gasteiger partial charge >= 0.3 is 0 Å². The van der Waals surface area contributed by atoms with Crippen molar-refractivity contribution in [3.8, 4) is 0 Å². The van der Waals surface area contributed by atoms with Gasteiger partial charge in [-0.05, 0) is 5.57 Å². The van der Waals surface area contributed by atoms with Crippen LogP contribution in [0.3, 0.4) is 0 Å². The van der Waals surface area contributed by atoms with Crippen molar-refractivity contribution in [1.82, 2.24) is 0 Å². The van der Waals surface area contributed by atoms with Crippen LogP contribution in [0.15, 0.2) is 40.9 Å². The van der Waals surface area contributed by atoms with Crippen molar-refractivity contribution in [3.63, 3.8) is 0 Å². The first kappa shape index (κ1) is 5.29. The van der Waals surface area contributed by atoms with Gasteiger partial charge in [-0.2, -0.15) is 0 Å². The Bertz CT molecular complexity index is 237. The molecule has 0 aromatic carbocycles. The van der Waals surface area contributed by atoms with Crippen LogP contribution in [0, 0.1) is 0 Å². The van der Waals surface area contributed by atoms with E-state index < -0.39 is 0 Å². The molecular formula is C7H5N2O-. The second-order valence-corrected chi connectivity index (χ2v) is 1.92. The lowest BCUT2D eigenvalue weighted by Crippen LogP contribution is -1.81. The van der Waals surface area contributed by atoms with Crippen LogP contribution in [0.1, 0.15) is 0 Å². The summed E-state index contributed by atoms with van der Waals surface area (Å²) in [4.78, 5) is 0. The van der Waals surface area contributed by atoms with E-state index in [0.717, 1.165) is 5.57 Å². The van der Waals surface area contributed by atoms with Crippen LogP contribution < -0.4 is 0 Å². The standard InChI is InChI=1S/C7H5N2O/c1-2-4-6(3-1)7-9-8-5-10-7/h1-5H/q-1. The molecule has 0 saturated heterocycles. The molecule has 50 valence electrons. The maximum Gasteiger partial charge on any atom is 0.159 e. The third-order valence-electron chi connectivity index (χ3n) is 1.27. The Morgan fingerprint density at radius 1 is 1.30 bits per heavy atom. The summed E-state index contributed by atoms with van der Waals surface area (Å²) in [6.07, 6.45) is 9.03. The lowest BCUT2D eigenvalue weighted by molar-refractivity contribution is 0.464. The minimum Gasteiger partial charge on any atom is -0.542 e. The Hall–Kier alpha value is -1.51. The summed E-state index contributed by atoms with van der Waals surface area (Å²) < 4.78 is 4.96. The molecule has 10 heavy (non-hydrogen) atoms. The van der Waals surface area contributed by atoms with E-state index in [1.165, 1.54) is 6.40 Å². The number of hydrogen-bond acceptors (Lipinski definition) is 2. The van der Waals surface area contributed by atoms with Gasteiger partial charge in [0.15, 0.2) is 6.40 Å². The molecule has 0 amide bonds. The first-order valence-corrected chi connectivity index (χ1v) is 2.95. The molecule has 3 heteroatoms. The van der Waals surface area contributed by atoms with E-state index in [4.69, 9.17) is 4.74 Å². The van der Waals surface area contributed by atoms with Crippen molar-refractivity contribution >= 4 is 6.40 Å². The topological polar surface area (TPSA) is 35.7 Å². The fraction of sp³-hybridized carbons (Fsp3) is 0. The Kier molecular flexibility index (Phi) is 1.07. The maximum atomic E-state index is 4.96. The predicted octanol–water partition coefficient (Wildman–Crippen LogP) is 1.67. The van der Waals surface area contributed by atoms with Crippen LogP contribution in [-0.2, 0) is 4.74 Å². The van der Waals surface area contributed by atoms with Gasteiger partial charge in [-0.3, -0.25) is 0 Å². The quantitative estimate of drug-likeness (QED) is 0.495. The van der Waals surface area contributed by atoms with Gasteiger partial charge in [0.1, 0.15) is 0 Å². The summed E-state index contributed by atoms with van der Waals surface area (Å²) >= 11 is 0. The van der Waals surface area contributed by atoms with Crippen LogP contribution in [0.4, 0.5) is 0 Å². The number of nitrogens with zero attached hydrogens (tertiary/aromatic N) is 2. The number of allylic oxidation sites excluding steroid dienone is 5. The highest BCUT2D eigenvalue weighted by Crippen LogP contribution is 2.21. The summed E-state index contributed by atoms with van der Waals surface area (Å²) in [5.74, 6) is 0.574. The summed E-state index contributed by atoms with van der Waals surface area (Å²) in [5, 5.41) is 3.56. The van der Waals surface area contributed by atoms with Crippen molar-refractivity contribution in [2.24, 2.45) is 5.10 Å². The van der Waals surface area contributed by atoms with Gasteiger partial charge in [-0.15, -0.1) is 0 Å². The Morgan fingerprint density at radius 2 is 2.10 bits per heavy atom. The van der Waals surface area contributed by atoms with E-state index in [1.54, 1.807) is 0 Å². The average Bonchev–Trinajstić information content (AvgIpc) is 2.59. The normalized spacial score (nSPS) is 20.0. The van der Waals surface area contributed by atoms with Crippen molar-refractivity contribution < 1.29 is 4.74 Å². The predicted molar refractivity (Wildman–Crippen MR) is 38.2 cm³/mol. The van der Waals surface area contributed by atoms with E-state index in [2.05, 4.69) is 10.5 Å². The highest BCUT2D eigenvalue weighted by Gasteiger charge is 1.97. The maximum absolute atomic E-state index is 4.96. The third-order valence-corrected chi connectivity index (χ3v) is 1.27. The van der Waals surface area contributed by atoms with Crippen LogP contribution in [0.25, 0.3) is 5.43 Å². The molecule has 0 bridgehead atoms. The molecule has 0 atom stereocenters. The molecule has 2 aliphatic rings. The second-order valence-electron chi connectivity index (χ2n) is 1.92. The summed E-state index contributed by atoms with van der Waals surface area (Å²) in [7, 11) is 0. The molecule has 2 rings (SSSR count). The van der Waals surface area contributed by atoms with E-state index >= 15 is 0 Å². The summed E-state index contributed by atoms with van der Waals surface area (Å²) in [6.45, 7) is 0. The fourth-order valence-electron chi connectivity index (χ4n) is 0.815. The molecular weight excluding hydrogens is 128 g/mol. The number of rotatable bonds is 0. The van der Waals surface area contributed by atoms with Gasteiger partial charge in [0, 0.05) is 5.88 Å². The monoisotopic (exact) mass is 133 g/mol. The lowest BCUT2D eigenvalue weighted by atomic mass is 10.3. The molecule has 0 radical (unpaired) electrons. The lowest BCUT2D eigenvalue weighted by Gasteiger charge is -2.10. The van der Waals surface area contributed by atoms with Gasteiger partial charge in [-0.1, -0.05) is 24.3 Å². The van der Waals surface area contributed by atoms with Gasteiger partial charge in [0.25, 0.3) is 0 Å². The van der Waals surface area contributed by atoms with Crippen molar-refractivity contribution in [2.45, 2.75) is 0 Å². The number of ether oxygens (including phenoxy) is 1. The van der Waals surface area contributed by atoms with Crippen molar-refractivity contribution in [2.75, 3.05) is 0 Å². The molecule has 3 nitrogen and oxygen atoms in total.